The lowest BCUT2D eigenvalue weighted by molar-refractivity contribution is -0.212. The molecular weight excluding hydrogens is 707 g/mol. The molecule has 17 heteroatoms. The third-order valence-electron chi connectivity index (χ3n) is 11.1. The van der Waals surface area contributed by atoms with Crippen LogP contribution < -0.4 is 20.5 Å². The van der Waals surface area contributed by atoms with Crippen molar-refractivity contribution in [2.45, 2.75) is 64.9 Å². The van der Waals surface area contributed by atoms with Crippen molar-refractivity contribution < 1.29 is 32.2 Å². The standard InChI is InChI=1S/C37H40F3N9O5/c1-3-27-30(46-11-13-47(14-12-46)33(51)29-31(22(2)41-21-42-29)54-20-23-7-5-4-6-8-23)34(52)49-35(44-32(45-49)24-9-15-53-16-10-24)48(27)19-28(50)43-26-18-36(17-25(26)36)37(38,39)40/h4-9,21,25-26H,3,10-20H2,1-2H3,(H,43,50)/t25?,26-,36?/m1/s1. The monoisotopic (exact) mass is 747 g/mol. The van der Waals surface area contributed by atoms with Crippen molar-refractivity contribution in [3.63, 3.8) is 0 Å². The molecule has 284 valence electrons. The first kappa shape index (κ1) is 35.7. The number of rotatable bonds is 10. The number of anilines is 1. The van der Waals surface area contributed by atoms with E-state index in [1.807, 2.05) is 48.2 Å². The molecule has 2 saturated carbocycles. The SMILES string of the molecule is CCc1c(N2CCN(C(=O)c3ncnc(C)c3OCc3ccccc3)CC2)c(=O)n2nc(C3=CCOCC3)nc2n1CC(=O)N[C@@H]1CC2(C(F)(F)F)CC12. The van der Waals surface area contributed by atoms with Crippen molar-refractivity contribution in [2.75, 3.05) is 44.3 Å². The van der Waals surface area contributed by atoms with E-state index >= 15 is 0 Å². The Morgan fingerprint density at radius 2 is 1.87 bits per heavy atom. The molecule has 54 heavy (non-hydrogen) atoms. The molecule has 14 nitrogen and oxygen atoms in total. The lowest BCUT2D eigenvalue weighted by atomic mass is 9.79. The Bertz CT molecular complexity index is 2200. The predicted molar refractivity (Wildman–Crippen MR) is 189 cm³/mol. The highest BCUT2D eigenvalue weighted by atomic mass is 19.4. The zero-order valence-electron chi connectivity index (χ0n) is 29.9. The van der Waals surface area contributed by atoms with Crippen molar-refractivity contribution in [3.8, 4) is 5.75 Å². The number of piperazine rings is 1. The predicted octanol–water partition coefficient (Wildman–Crippen LogP) is 3.35. The van der Waals surface area contributed by atoms with Gasteiger partial charge in [0.25, 0.3) is 11.5 Å². The summed E-state index contributed by atoms with van der Waals surface area (Å²) >= 11 is 0. The van der Waals surface area contributed by atoms with Crippen LogP contribution in [-0.2, 0) is 29.1 Å². The maximum absolute atomic E-state index is 14.3. The van der Waals surface area contributed by atoms with Gasteiger partial charge in [0.1, 0.15) is 25.2 Å². The Labute approximate surface area is 308 Å². The van der Waals surface area contributed by atoms with Crippen LogP contribution in [0, 0.1) is 18.3 Å². The van der Waals surface area contributed by atoms with Crippen LogP contribution in [0.4, 0.5) is 18.9 Å². The molecule has 1 saturated heterocycles. The molecule has 2 aliphatic carbocycles. The quantitative estimate of drug-likeness (QED) is 0.256. The largest absolute Gasteiger partial charge is 0.485 e. The molecule has 2 unspecified atom stereocenters. The fraction of sp³-hybridized carbons (Fsp3) is 0.486. The van der Waals surface area contributed by atoms with E-state index in [9.17, 15) is 27.6 Å². The summed E-state index contributed by atoms with van der Waals surface area (Å²) in [7, 11) is 0. The number of carbonyl (C=O) groups excluding carboxylic acids is 2. The van der Waals surface area contributed by atoms with Crippen molar-refractivity contribution in [3.05, 3.63) is 81.6 Å². The van der Waals surface area contributed by atoms with Gasteiger partial charge < -0.3 is 29.2 Å². The van der Waals surface area contributed by atoms with Crippen LogP contribution in [0.25, 0.3) is 11.4 Å². The van der Waals surface area contributed by atoms with Gasteiger partial charge in [0.2, 0.25) is 11.7 Å². The first-order valence-corrected chi connectivity index (χ1v) is 18.2. The molecule has 3 aromatic heterocycles. The molecule has 0 spiro atoms. The third-order valence-corrected chi connectivity index (χ3v) is 11.1. The summed E-state index contributed by atoms with van der Waals surface area (Å²) in [6, 6.07) is 9.01. The van der Waals surface area contributed by atoms with Gasteiger partial charge in [-0.05, 0) is 49.7 Å². The van der Waals surface area contributed by atoms with E-state index in [1.54, 1.807) is 16.4 Å². The molecule has 1 N–H and O–H groups in total. The molecule has 4 aromatic rings. The molecule has 0 radical (unpaired) electrons. The second-order valence-electron chi connectivity index (χ2n) is 14.3. The molecule has 2 aliphatic heterocycles. The molecule has 4 aliphatic rings. The molecule has 5 heterocycles. The lowest BCUT2D eigenvalue weighted by Gasteiger charge is -2.37. The number of aryl methyl sites for hydroxylation is 1. The minimum Gasteiger partial charge on any atom is -0.485 e. The van der Waals surface area contributed by atoms with Crippen molar-refractivity contribution in [1.29, 1.82) is 0 Å². The van der Waals surface area contributed by atoms with Gasteiger partial charge in [-0.1, -0.05) is 43.3 Å². The molecule has 2 amide bonds. The van der Waals surface area contributed by atoms with E-state index < -0.39 is 35.0 Å². The van der Waals surface area contributed by atoms with Gasteiger partial charge in [0.15, 0.2) is 17.3 Å². The van der Waals surface area contributed by atoms with E-state index in [1.165, 1.54) is 10.8 Å². The highest BCUT2D eigenvalue weighted by Gasteiger charge is 2.79. The highest BCUT2D eigenvalue weighted by Crippen LogP contribution is 2.74. The summed E-state index contributed by atoms with van der Waals surface area (Å²) in [5.74, 6) is -0.591. The minimum absolute atomic E-state index is 0.0216. The average Bonchev–Trinajstić information content (AvgIpc) is 3.56. The number of hydrogen-bond donors (Lipinski definition) is 1. The van der Waals surface area contributed by atoms with E-state index in [0.29, 0.717) is 67.8 Å². The second kappa shape index (κ2) is 13.8. The van der Waals surface area contributed by atoms with Crippen LogP contribution >= 0.6 is 0 Å². The number of benzene rings is 1. The van der Waals surface area contributed by atoms with Crippen molar-refractivity contribution in [1.82, 2.24) is 39.3 Å². The molecule has 0 bridgehead atoms. The Morgan fingerprint density at radius 1 is 1.09 bits per heavy atom. The number of carbonyl (C=O) groups is 2. The number of alkyl halides is 3. The van der Waals surface area contributed by atoms with Gasteiger partial charge in [0, 0.05) is 32.2 Å². The Hall–Kier alpha value is -5.32. The second-order valence-corrected chi connectivity index (χ2v) is 14.3. The summed E-state index contributed by atoms with van der Waals surface area (Å²) in [6.45, 7) is 5.56. The number of halogens is 3. The maximum atomic E-state index is 14.3. The van der Waals surface area contributed by atoms with Crippen LogP contribution in [0.5, 0.6) is 5.75 Å². The molecule has 3 atom stereocenters. The summed E-state index contributed by atoms with van der Waals surface area (Å²) in [5.41, 5.74) is 1.20. The van der Waals surface area contributed by atoms with E-state index in [-0.39, 0.29) is 56.5 Å². The fourth-order valence-corrected chi connectivity index (χ4v) is 8.05. The zero-order valence-corrected chi connectivity index (χ0v) is 29.9. The van der Waals surface area contributed by atoms with E-state index in [0.717, 1.165) is 11.1 Å². The summed E-state index contributed by atoms with van der Waals surface area (Å²) in [6.07, 6.45) is -0.322. The van der Waals surface area contributed by atoms with Crippen molar-refractivity contribution in [2.24, 2.45) is 11.3 Å². The average molecular weight is 748 g/mol. The van der Waals surface area contributed by atoms with Gasteiger partial charge in [-0.3, -0.25) is 14.4 Å². The Morgan fingerprint density at radius 3 is 2.54 bits per heavy atom. The highest BCUT2D eigenvalue weighted by molar-refractivity contribution is 5.95. The van der Waals surface area contributed by atoms with Gasteiger partial charge in [0.05, 0.1) is 30.0 Å². The zero-order chi connectivity index (χ0) is 37.8. The number of aromatic nitrogens is 6. The molecular formula is C37H40F3N9O5. The number of nitrogens with one attached hydrogen (secondary N) is 1. The summed E-state index contributed by atoms with van der Waals surface area (Å²) in [4.78, 5) is 58.5. The number of nitrogens with zero attached hydrogens (tertiary/aromatic N) is 8. The third kappa shape index (κ3) is 6.27. The van der Waals surface area contributed by atoms with Crippen LogP contribution in [0.2, 0.25) is 0 Å². The summed E-state index contributed by atoms with van der Waals surface area (Å²) < 4.78 is 55.0. The smallest absolute Gasteiger partial charge is 0.394 e. The number of fused-ring (bicyclic) bond motifs is 2. The normalized spacial score (nSPS) is 22.4. The van der Waals surface area contributed by atoms with Crippen LogP contribution in [0.1, 0.15) is 59.5 Å². The number of hydrogen-bond acceptors (Lipinski definition) is 10. The van der Waals surface area contributed by atoms with Crippen LogP contribution in [0.3, 0.4) is 0 Å². The van der Waals surface area contributed by atoms with E-state index in [4.69, 9.17) is 14.5 Å². The first-order chi connectivity index (χ1) is 26.0. The van der Waals surface area contributed by atoms with Crippen LogP contribution in [-0.4, -0.2) is 97.5 Å². The van der Waals surface area contributed by atoms with Crippen molar-refractivity contribution >= 4 is 28.9 Å². The first-order valence-electron chi connectivity index (χ1n) is 18.2. The Balaban J connectivity index is 1.05. The van der Waals surface area contributed by atoms with Gasteiger partial charge in [-0.25, -0.2) is 9.97 Å². The molecule has 3 fully saturated rings. The maximum Gasteiger partial charge on any atom is 0.394 e. The summed E-state index contributed by atoms with van der Waals surface area (Å²) in [5, 5.41) is 7.40. The van der Waals surface area contributed by atoms with Gasteiger partial charge in [-0.2, -0.15) is 22.7 Å². The number of ether oxygens (including phenoxy) is 2. The molecule has 1 aromatic carbocycles. The van der Waals surface area contributed by atoms with Gasteiger partial charge >= 0.3 is 6.18 Å². The molecule has 8 rings (SSSR count). The Kier molecular flexibility index (Phi) is 9.14. The van der Waals surface area contributed by atoms with Crippen LogP contribution in [0.15, 0.2) is 47.5 Å². The lowest BCUT2D eigenvalue weighted by Crippen LogP contribution is -2.52. The van der Waals surface area contributed by atoms with E-state index in [2.05, 4.69) is 20.4 Å². The number of amides is 2. The topological polar surface area (TPSA) is 149 Å². The fourth-order valence-electron chi connectivity index (χ4n) is 8.05. The minimum atomic E-state index is -4.29. The van der Waals surface area contributed by atoms with Gasteiger partial charge in [-0.15, -0.1) is 5.10 Å².